The van der Waals surface area contributed by atoms with Gasteiger partial charge in [0, 0.05) is 11.1 Å². The fourth-order valence-electron chi connectivity index (χ4n) is 2.43. The van der Waals surface area contributed by atoms with E-state index in [-0.39, 0.29) is 5.92 Å². The van der Waals surface area contributed by atoms with Crippen LogP contribution in [0.15, 0.2) is 34.9 Å². The van der Waals surface area contributed by atoms with Crippen molar-refractivity contribution in [2.75, 3.05) is 6.61 Å². The first-order valence-electron chi connectivity index (χ1n) is 8.90. The van der Waals surface area contributed by atoms with Crippen LogP contribution in [0, 0.1) is 5.92 Å². The summed E-state index contributed by atoms with van der Waals surface area (Å²) in [5.74, 6) is 0.279. The van der Waals surface area contributed by atoms with E-state index in [2.05, 4.69) is 15.8 Å². The van der Waals surface area contributed by atoms with E-state index in [1.807, 2.05) is 44.2 Å². The van der Waals surface area contributed by atoms with E-state index in [0.717, 1.165) is 16.9 Å². The van der Waals surface area contributed by atoms with Crippen molar-refractivity contribution in [1.82, 2.24) is 10.7 Å². The summed E-state index contributed by atoms with van der Waals surface area (Å²) < 4.78 is 10.8. The van der Waals surface area contributed by atoms with Crippen molar-refractivity contribution in [3.8, 4) is 5.75 Å². The van der Waals surface area contributed by atoms with Crippen molar-refractivity contribution in [2.45, 2.75) is 46.3 Å². The van der Waals surface area contributed by atoms with Crippen molar-refractivity contribution in [3.05, 3.63) is 35.4 Å². The molecule has 1 aromatic rings. The second-order valence-corrected chi connectivity index (χ2v) is 7.65. The number of hydrogen-bond donors (Lipinski definition) is 2. The first-order valence-corrected chi connectivity index (χ1v) is 8.90. The molecule has 0 unspecified atom stereocenters. The zero-order chi connectivity index (χ0) is 20.0. The molecule has 0 saturated heterocycles. The number of alkyl carbamates (subject to hydrolysis) is 1. The number of amides is 2. The van der Waals surface area contributed by atoms with Gasteiger partial charge in [0.25, 0.3) is 5.91 Å². The molecular formula is C20H27N3O4. The van der Waals surface area contributed by atoms with E-state index >= 15 is 0 Å². The zero-order valence-corrected chi connectivity index (χ0v) is 16.4. The first-order chi connectivity index (χ1) is 12.7. The van der Waals surface area contributed by atoms with E-state index in [1.165, 1.54) is 0 Å². The van der Waals surface area contributed by atoms with E-state index < -0.39 is 23.6 Å². The smallest absolute Gasteiger partial charge is 0.408 e. The van der Waals surface area contributed by atoms with Crippen LogP contribution in [0.5, 0.6) is 5.75 Å². The van der Waals surface area contributed by atoms with Gasteiger partial charge in [-0.25, -0.2) is 10.2 Å². The third-order valence-corrected chi connectivity index (χ3v) is 3.68. The number of hydrazone groups is 1. The Morgan fingerprint density at radius 3 is 2.63 bits per heavy atom. The van der Waals surface area contributed by atoms with Gasteiger partial charge in [-0.1, -0.05) is 32.0 Å². The van der Waals surface area contributed by atoms with Crippen molar-refractivity contribution < 1.29 is 19.1 Å². The normalized spacial score (nSPS) is 14.8. The van der Waals surface area contributed by atoms with Crippen LogP contribution in [0.1, 0.15) is 40.2 Å². The summed E-state index contributed by atoms with van der Waals surface area (Å²) in [4.78, 5) is 24.3. The Balaban J connectivity index is 1.95. The molecule has 27 heavy (non-hydrogen) atoms. The number of fused-ring (bicyclic) bond motifs is 1. The summed E-state index contributed by atoms with van der Waals surface area (Å²) >= 11 is 0. The molecule has 0 bridgehead atoms. The number of benzene rings is 1. The summed E-state index contributed by atoms with van der Waals surface area (Å²) in [5.41, 5.74) is 3.62. The molecule has 1 aromatic carbocycles. The Bertz CT molecular complexity index is 748. The molecule has 7 nitrogen and oxygen atoms in total. The van der Waals surface area contributed by atoms with Gasteiger partial charge in [0.15, 0.2) is 0 Å². The Kier molecular flexibility index (Phi) is 6.60. The van der Waals surface area contributed by atoms with Crippen LogP contribution in [-0.4, -0.2) is 36.5 Å². The van der Waals surface area contributed by atoms with Gasteiger partial charge in [0.05, 0.1) is 6.21 Å². The Morgan fingerprint density at radius 1 is 1.26 bits per heavy atom. The maximum absolute atomic E-state index is 12.4. The van der Waals surface area contributed by atoms with Gasteiger partial charge in [0.2, 0.25) is 0 Å². The molecule has 7 heteroatoms. The molecule has 0 fully saturated rings. The number of carbonyl (C=O) groups excluding carboxylic acids is 2. The Hall–Kier alpha value is -2.83. The summed E-state index contributed by atoms with van der Waals surface area (Å²) in [5, 5.41) is 6.58. The third-order valence-electron chi connectivity index (χ3n) is 3.68. The molecule has 146 valence electrons. The second kappa shape index (κ2) is 8.70. The number of nitrogens with zero attached hydrogens (tertiary/aromatic N) is 1. The lowest BCUT2D eigenvalue weighted by Crippen LogP contribution is -2.49. The third kappa shape index (κ3) is 6.44. The molecule has 0 saturated carbocycles. The SMILES string of the molecule is CC(C)[C@@H](NC(=O)OC(C)(C)C)C(=O)N/N=C\C1=Cc2ccccc2OC1. The van der Waals surface area contributed by atoms with Crippen LogP contribution in [0.2, 0.25) is 0 Å². The van der Waals surface area contributed by atoms with Gasteiger partial charge in [-0.2, -0.15) is 5.10 Å². The van der Waals surface area contributed by atoms with Gasteiger partial charge in [-0.05, 0) is 38.8 Å². The molecular weight excluding hydrogens is 346 g/mol. The fraction of sp³-hybridized carbons (Fsp3) is 0.450. The van der Waals surface area contributed by atoms with Crippen molar-refractivity contribution in [1.29, 1.82) is 0 Å². The van der Waals surface area contributed by atoms with Crippen LogP contribution >= 0.6 is 0 Å². The average molecular weight is 373 g/mol. The largest absolute Gasteiger partial charge is 0.488 e. The quantitative estimate of drug-likeness (QED) is 0.613. The molecule has 1 heterocycles. The van der Waals surface area contributed by atoms with Gasteiger partial charge in [-0.15, -0.1) is 0 Å². The zero-order valence-electron chi connectivity index (χ0n) is 16.4. The van der Waals surface area contributed by atoms with Gasteiger partial charge < -0.3 is 14.8 Å². The predicted molar refractivity (Wildman–Crippen MR) is 105 cm³/mol. The summed E-state index contributed by atoms with van der Waals surface area (Å²) in [7, 11) is 0. The first kappa shape index (κ1) is 20.5. The number of para-hydroxylation sites is 1. The molecule has 2 N–H and O–H groups in total. The molecule has 0 spiro atoms. The highest BCUT2D eigenvalue weighted by Gasteiger charge is 2.26. The van der Waals surface area contributed by atoms with Crippen LogP contribution in [0.4, 0.5) is 4.79 Å². The molecule has 2 rings (SSSR count). The van der Waals surface area contributed by atoms with Gasteiger partial charge >= 0.3 is 6.09 Å². The molecule has 0 aliphatic carbocycles. The van der Waals surface area contributed by atoms with Crippen LogP contribution < -0.4 is 15.5 Å². The van der Waals surface area contributed by atoms with Gasteiger partial charge in [0.1, 0.15) is 24.0 Å². The van der Waals surface area contributed by atoms with Crippen LogP contribution in [0.25, 0.3) is 6.08 Å². The minimum absolute atomic E-state index is 0.128. The topological polar surface area (TPSA) is 89.0 Å². The highest BCUT2D eigenvalue weighted by atomic mass is 16.6. The lowest BCUT2D eigenvalue weighted by atomic mass is 10.0. The van der Waals surface area contributed by atoms with E-state index in [9.17, 15) is 9.59 Å². The van der Waals surface area contributed by atoms with E-state index in [4.69, 9.17) is 9.47 Å². The summed E-state index contributed by atoms with van der Waals surface area (Å²) in [6.07, 6.45) is 2.85. The van der Waals surface area contributed by atoms with E-state index in [0.29, 0.717) is 6.61 Å². The molecule has 1 atom stereocenters. The number of ether oxygens (including phenoxy) is 2. The van der Waals surface area contributed by atoms with Crippen LogP contribution in [-0.2, 0) is 9.53 Å². The molecule has 0 radical (unpaired) electrons. The molecule has 1 aliphatic heterocycles. The summed E-state index contributed by atoms with van der Waals surface area (Å²) in [6, 6.07) is 6.93. The van der Waals surface area contributed by atoms with Crippen LogP contribution in [0.3, 0.4) is 0 Å². The highest BCUT2D eigenvalue weighted by molar-refractivity contribution is 5.90. The standard InChI is InChI=1S/C20H27N3O4/c1-13(2)17(22-19(25)27-20(3,4)5)18(24)23-21-11-14-10-15-8-6-7-9-16(15)26-12-14/h6-11,13,17H,12H2,1-5H3,(H,22,25)(H,23,24)/b21-11-/t17-/m1/s1. The number of carbonyl (C=O) groups is 2. The van der Waals surface area contributed by atoms with Crippen molar-refractivity contribution >= 4 is 24.3 Å². The van der Waals surface area contributed by atoms with Crippen molar-refractivity contribution in [2.24, 2.45) is 11.0 Å². The van der Waals surface area contributed by atoms with Crippen molar-refractivity contribution in [3.63, 3.8) is 0 Å². The number of hydrogen-bond acceptors (Lipinski definition) is 5. The maximum Gasteiger partial charge on any atom is 0.408 e. The highest BCUT2D eigenvalue weighted by Crippen LogP contribution is 2.24. The predicted octanol–water partition coefficient (Wildman–Crippen LogP) is 3.11. The fourth-order valence-corrected chi connectivity index (χ4v) is 2.43. The second-order valence-electron chi connectivity index (χ2n) is 7.65. The van der Waals surface area contributed by atoms with E-state index in [1.54, 1.807) is 27.0 Å². The Morgan fingerprint density at radius 2 is 1.96 bits per heavy atom. The minimum Gasteiger partial charge on any atom is -0.488 e. The summed E-state index contributed by atoms with van der Waals surface area (Å²) in [6.45, 7) is 9.33. The number of nitrogens with one attached hydrogen (secondary N) is 2. The molecule has 2 amide bonds. The lowest BCUT2D eigenvalue weighted by molar-refractivity contribution is -0.124. The lowest BCUT2D eigenvalue weighted by Gasteiger charge is -2.24. The molecule has 0 aromatic heterocycles. The monoisotopic (exact) mass is 373 g/mol. The maximum atomic E-state index is 12.4. The number of rotatable bonds is 5. The average Bonchev–Trinajstić information content (AvgIpc) is 2.57. The molecule has 1 aliphatic rings. The Labute approximate surface area is 159 Å². The van der Waals surface area contributed by atoms with Gasteiger partial charge in [-0.3, -0.25) is 4.79 Å². The minimum atomic E-state index is -0.755.